The summed E-state index contributed by atoms with van der Waals surface area (Å²) >= 11 is 5.90. The number of aromatic nitrogens is 3. The second-order valence-electron chi connectivity index (χ2n) is 8.87. The number of pyridine rings is 2. The van der Waals surface area contributed by atoms with Crippen molar-refractivity contribution in [3.05, 3.63) is 133 Å². The molecule has 1 fully saturated rings. The molecule has 37 heavy (non-hydrogen) atoms. The van der Waals surface area contributed by atoms with Crippen molar-refractivity contribution in [2.75, 3.05) is 4.90 Å². The quantitative estimate of drug-likeness (QED) is 0.265. The van der Waals surface area contributed by atoms with Crippen LogP contribution in [0.4, 0.5) is 5.69 Å². The van der Waals surface area contributed by atoms with Crippen molar-refractivity contribution >= 4 is 23.0 Å². The molecule has 7 heteroatoms. The van der Waals surface area contributed by atoms with Crippen LogP contribution in [-0.4, -0.2) is 19.6 Å². The summed E-state index contributed by atoms with van der Waals surface area (Å²) in [5.74, 6) is 1.62. The molecule has 0 aliphatic carbocycles. The second-order valence-corrected chi connectivity index (χ2v) is 9.25. The molecule has 1 saturated heterocycles. The van der Waals surface area contributed by atoms with Crippen molar-refractivity contribution in [1.82, 2.24) is 19.9 Å². The number of rotatable bonds is 6. The fourth-order valence-corrected chi connectivity index (χ4v) is 5.13. The van der Waals surface area contributed by atoms with E-state index < -0.39 is 0 Å². The van der Waals surface area contributed by atoms with E-state index in [0.29, 0.717) is 5.11 Å². The van der Waals surface area contributed by atoms with Gasteiger partial charge in [-0.25, -0.2) is 0 Å². The smallest absolute Gasteiger partial charge is 0.174 e. The third-order valence-electron chi connectivity index (χ3n) is 6.56. The zero-order valence-corrected chi connectivity index (χ0v) is 21.0. The lowest BCUT2D eigenvalue weighted by Crippen LogP contribution is -2.30. The highest BCUT2D eigenvalue weighted by atomic mass is 32.1. The highest BCUT2D eigenvalue weighted by molar-refractivity contribution is 7.80. The van der Waals surface area contributed by atoms with Gasteiger partial charge in [0, 0.05) is 41.9 Å². The average molecular weight is 504 g/mol. The molecule has 6 rings (SSSR count). The van der Waals surface area contributed by atoms with Crippen LogP contribution in [0.5, 0.6) is 11.5 Å². The SMILES string of the molecule is Cc1ccccc1Oc1ccc(N2C(=S)NC(c3ccccn3)C2c2cccn2-c2ccncc2)cc1. The Labute approximate surface area is 221 Å². The molecule has 3 aromatic heterocycles. The van der Waals surface area contributed by atoms with Crippen molar-refractivity contribution in [3.63, 3.8) is 0 Å². The Morgan fingerprint density at radius 3 is 2.35 bits per heavy atom. The predicted molar refractivity (Wildman–Crippen MR) is 149 cm³/mol. The van der Waals surface area contributed by atoms with Gasteiger partial charge in [-0.2, -0.15) is 0 Å². The van der Waals surface area contributed by atoms with E-state index in [4.69, 9.17) is 17.0 Å². The molecule has 0 bridgehead atoms. The van der Waals surface area contributed by atoms with E-state index in [2.05, 4.69) is 55.2 Å². The van der Waals surface area contributed by atoms with Crippen molar-refractivity contribution in [1.29, 1.82) is 0 Å². The molecular weight excluding hydrogens is 478 g/mol. The van der Waals surface area contributed by atoms with Gasteiger partial charge < -0.3 is 19.5 Å². The Morgan fingerprint density at radius 1 is 0.811 bits per heavy atom. The third kappa shape index (κ3) is 4.45. The molecule has 5 aromatic rings. The first-order valence-corrected chi connectivity index (χ1v) is 12.5. The van der Waals surface area contributed by atoms with Gasteiger partial charge in [-0.3, -0.25) is 9.97 Å². The Bertz CT molecular complexity index is 1520. The first kappa shape index (κ1) is 22.9. The highest BCUT2D eigenvalue weighted by Crippen LogP contribution is 2.42. The van der Waals surface area contributed by atoms with E-state index in [1.54, 1.807) is 12.4 Å². The van der Waals surface area contributed by atoms with E-state index in [1.807, 2.05) is 79.9 Å². The van der Waals surface area contributed by atoms with E-state index >= 15 is 0 Å². The first-order valence-electron chi connectivity index (χ1n) is 12.1. The zero-order valence-electron chi connectivity index (χ0n) is 20.2. The molecule has 0 spiro atoms. The maximum absolute atomic E-state index is 6.13. The van der Waals surface area contributed by atoms with Crippen molar-refractivity contribution < 1.29 is 4.74 Å². The van der Waals surface area contributed by atoms with E-state index in [1.165, 1.54) is 0 Å². The molecule has 0 saturated carbocycles. The largest absolute Gasteiger partial charge is 0.457 e. The van der Waals surface area contributed by atoms with E-state index in [9.17, 15) is 0 Å². The van der Waals surface area contributed by atoms with Crippen LogP contribution in [0.2, 0.25) is 0 Å². The number of nitrogens with zero attached hydrogens (tertiary/aromatic N) is 4. The lowest BCUT2D eigenvalue weighted by atomic mass is 10.0. The van der Waals surface area contributed by atoms with Gasteiger partial charge in [-0.15, -0.1) is 0 Å². The number of hydrogen-bond donors (Lipinski definition) is 1. The molecule has 6 nitrogen and oxygen atoms in total. The van der Waals surface area contributed by atoms with E-state index in [0.717, 1.165) is 39.8 Å². The lowest BCUT2D eigenvalue weighted by molar-refractivity contribution is 0.479. The van der Waals surface area contributed by atoms with Crippen LogP contribution in [-0.2, 0) is 0 Å². The fraction of sp³-hybridized carbons (Fsp3) is 0.100. The molecule has 2 aromatic carbocycles. The first-order chi connectivity index (χ1) is 18.2. The molecule has 4 heterocycles. The summed E-state index contributed by atoms with van der Waals surface area (Å²) in [5, 5.41) is 4.18. The predicted octanol–water partition coefficient (Wildman–Crippen LogP) is 6.55. The molecule has 182 valence electrons. The molecule has 2 atom stereocenters. The highest BCUT2D eigenvalue weighted by Gasteiger charge is 2.42. The van der Waals surface area contributed by atoms with Crippen LogP contribution >= 0.6 is 12.2 Å². The van der Waals surface area contributed by atoms with E-state index in [-0.39, 0.29) is 12.1 Å². The number of hydrogen-bond acceptors (Lipinski definition) is 4. The summed E-state index contributed by atoms with van der Waals surface area (Å²) in [7, 11) is 0. The summed E-state index contributed by atoms with van der Waals surface area (Å²) < 4.78 is 8.31. The third-order valence-corrected chi connectivity index (χ3v) is 6.87. The molecule has 1 N–H and O–H groups in total. The second kappa shape index (κ2) is 9.87. The standard InChI is InChI=1S/C30H25N5OS/c1-21-7-2-3-10-27(21)36-24-13-11-23(12-14-24)35-29(28(33-30(35)37)25-8-4-5-17-32-25)26-9-6-20-34(26)22-15-18-31-19-16-22/h2-20,28-29H,1H3,(H,33,37). The summed E-state index contributed by atoms with van der Waals surface area (Å²) in [6.07, 6.45) is 7.49. The van der Waals surface area contributed by atoms with Crippen LogP contribution in [0.3, 0.4) is 0 Å². The number of nitrogens with one attached hydrogen (secondary N) is 1. The monoisotopic (exact) mass is 503 g/mol. The average Bonchev–Trinajstić information content (AvgIpc) is 3.56. The number of aryl methyl sites for hydroxylation is 1. The van der Waals surface area contributed by atoms with Crippen LogP contribution in [0.15, 0.2) is 116 Å². The van der Waals surface area contributed by atoms with Gasteiger partial charge >= 0.3 is 0 Å². The van der Waals surface area contributed by atoms with Gasteiger partial charge in [-0.05, 0) is 91.4 Å². The van der Waals surface area contributed by atoms with Crippen molar-refractivity contribution in [3.8, 4) is 17.2 Å². The summed E-state index contributed by atoms with van der Waals surface area (Å²) in [5.41, 5.74) is 5.12. The number of benzene rings is 2. The van der Waals surface area contributed by atoms with Crippen molar-refractivity contribution in [2.24, 2.45) is 0 Å². The minimum absolute atomic E-state index is 0.131. The van der Waals surface area contributed by atoms with Crippen LogP contribution in [0.1, 0.15) is 29.0 Å². The van der Waals surface area contributed by atoms with Crippen molar-refractivity contribution in [2.45, 2.75) is 19.0 Å². The summed E-state index contributed by atoms with van der Waals surface area (Å²) in [6, 6.07) is 30.0. The maximum atomic E-state index is 6.13. The number of para-hydroxylation sites is 1. The van der Waals surface area contributed by atoms with Gasteiger partial charge in [0.1, 0.15) is 17.5 Å². The van der Waals surface area contributed by atoms with Gasteiger partial charge in [0.05, 0.1) is 11.7 Å². The minimum atomic E-state index is -0.132. The van der Waals surface area contributed by atoms with Gasteiger partial charge in [0.15, 0.2) is 5.11 Å². The van der Waals surface area contributed by atoms with Gasteiger partial charge in [0.2, 0.25) is 0 Å². The Balaban J connectivity index is 1.39. The maximum Gasteiger partial charge on any atom is 0.174 e. The van der Waals surface area contributed by atoms with Crippen LogP contribution < -0.4 is 15.0 Å². The summed E-state index contributed by atoms with van der Waals surface area (Å²) in [4.78, 5) is 11.0. The Hall–Kier alpha value is -4.49. The molecule has 1 aliphatic rings. The molecule has 1 aliphatic heterocycles. The molecule has 2 unspecified atom stereocenters. The van der Waals surface area contributed by atoms with Crippen LogP contribution in [0.25, 0.3) is 5.69 Å². The lowest BCUT2D eigenvalue weighted by Gasteiger charge is -2.29. The minimum Gasteiger partial charge on any atom is -0.457 e. The topological polar surface area (TPSA) is 55.2 Å². The number of thiocarbonyl (C=S) groups is 1. The Kier molecular flexibility index (Phi) is 6.12. The molecule has 0 amide bonds. The molecule has 0 radical (unpaired) electrons. The van der Waals surface area contributed by atoms with Crippen LogP contribution in [0, 0.1) is 6.92 Å². The van der Waals surface area contributed by atoms with Gasteiger partial charge in [-0.1, -0.05) is 24.3 Å². The zero-order chi connectivity index (χ0) is 25.2. The fourth-order valence-electron chi connectivity index (χ4n) is 4.78. The normalized spacial score (nSPS) is 17.0. The molecular formula is C30H25N5OS. The Morgan fingerprint density at radius 2 is 1.59 bits per heavy atom. The number of anilines is 1. The number of ether oxygens (including phenoxy) is 1. The summed E-state index contributed by atoms with van der Waals surface area (Å²) in [6.45, 7) is 2.04. The van der Waals surface area contributed by atoms with Gasteiger partial charge in [0.25, 0.3) is 0 Å².